The van der Waals surface area contributed by atoms with E-state index in [1.165, 1.54) is 40.1 Å². The van der Waals surface area contributed by atoms with Crippen LogP contribution in [0.4, 0.5) is 0 Å². The van der Waals surface area contributed by atoms with E-state index in [4.69, 9.17) is 4.99 Å². The smallest absolute Gasteiger partial charge is 0.0520 e. The number of aryl methyl sites for hydroxylation is 2. The fourth-order valence-corrected chi connectivity index (χ4v) is 3.05. The van der Waals surface area contributed by atoms with Gasteiger partial charge in [-0.3, -0.25) is 4.99 Å². The summed E-state index contributed by atoms with van der Waals surface area (Å²) in [5.41, 5.74) is 8.00. The van der Waals surface area contributed by atoms with Gasteiger partial charge >= 0.3 is 0 Å². The van der Waals surface area contributed by atoms with Crippen LogP contribution in [0.25, 0.3) is 0 Å². The van der Waals surface area contributed by atoms with Gasteiger partial charge in [0, 0.05) is 12.1 Å². The molecule has 0 N–H and O–H groups in total. The third kappa shape index (κ3) is 3.54. The summed E-state index contributed by atoms with van der Waals surface area (Å²) in [6.45, 7) is 4.38. The Balaban J connectivity index is 1.60. The third-order valence-corrected chi connectivity index (χ3v) is 4.26. The van der Waals surface area contributed by atoms with Crippen LogP contribution in [0, 0.1) is 6.92 Å². The Morgan fingerprint density at radius 3 is 2.50 bits per heavy atom. The van der Waals surface area contributed by atoms with Gasteiger partial charge < -0.3 is 0 Å². The normalized spacial score (nSPS) is 14.4. The molecule has 112 valence electrons. The lowest BCUT2D eigenvalue weighted by Crippen LogP contribution is -1.96. The molecule has 1 nitrogen and oxygen atoms in total. The van der Waals surface area contributed by atoms with Crippen molar-refractivity contribution in [2.45, 2.75) is 39.5 Å². The Labute approximate surface area is 133 Å². The summed E-state index contributed by atoms with van der Waals surface area (Å²) < 4.78 is 0. The lowest BCUT2D eigenvalue weighted by atomic mass is 10.0. The lowest BCUT2D eigenvalue weighted by Gasteiger charge is -2.03. The maximum atomic E-state index is 4.88. The summed E-state index contributed by atoms with van der Waals surface area (Å²) in [7, 11) is 0. The van der Waals surface area contributed by atoms with Crippen molar-refractivity contribution in [3.05, 3.63) is 82.6 Å². The summed E-state index contributed by atoms with van der Waals surface area (Å²) in [5.74, 6) is 0. The molecule has 1 heterocycles. The topological polar surface area (TPSA) is 12.4 Å². The zero-order chi connectivity index (χ0) is 15.4. The summed E-state index contributed by atoms with van der Waals surface area (Å²) >= 11 is 0. The molecule has 0 unspecified atom stereocenters. The number of rotatable bonds is 5. The molecule has 2 aromatic carbocycles. The predicted molar refractivity (Wildman–Crippen MR) is 94.4 cm³/mol. The highest BCUT2D eigenvalue weighted by Crippen LogP contribution is 2.26. The average Bonchev–Trinajstić information content (AvgIpc) is 2.90. The zero-order valence-electron chi connectivity index (χ0n) is 13.5. The number of aliphatic imine (C=N–C) groups is 1. The van der Waals surface area contributed by atoms with Gasteiger partial charge in [0.05, 0.1) is 5.71 Å². The second-order valence-corrected chi connectivity index (χ2v) is 6.17. The standard InChI is InChI=1S/C21H23N/c1-16-8-6-9-18(14-16)10-7-13-20-17(2)15-21(22-20)19-11-4-3-5-12-19/h3-6,8-9,11-12,14H,7,10,13,15H2,1-2H3. The fraction of sp³-hybridized carbons (Fsp3) is 0.286. The van der Waals surface area contributed by atoms with Gasteiger partial charge in [0.15, 0.2) is 0 Å². The van der Waals surface area contributed by atoms with Gasteiger partial charge in [0.25, 0.3) is 0 Å². The molecule has 1 heteroatoms. The van der Waals surface area contributed by atoms with E-state index >= 15 is 0 Å². The molecule has 0 aromatic heterocycles. The molecule has 0 radical (unpaired) electrons. The average molecular weight is 289 g/mol. The van der Waals surface area contributed by atoms with Crippen LogP contribution in [0.2, 0.25) is 0 Å². The number of nitrogens with zero attached hydrogens (tertiary/aromatic N) is 1. The highest BCUT2D eigenvalue weighted by molar-refractivity contribution is 6.04. The minimum atomic E-state index is 1.00. The summed E-state index contributed by atoms with van der Waals surface area (Å²) in [4.78, 5) is 4.88. The van der Waals surface area contributed by atoms with Crippen LogP contribution in [-0.2, 0) is 6.42 Å². The second-order valence-electron chi connectivity index (χ2n) is 6.17. The molecule has 0 fully saturated rings. The lowest BCUT2D eigenvalue weighted by molar-refractivity contribution is 0.800. The summed E-state index contributed by atoms with van der Waals surface area (Å²) in [6.07, 6.45) is 4.39. The van der Waals surface area contributed by atoms with Crippen LogP contribution < -0.4 is 0 Å². The van der Waals surface area contributed by atoms with Crippen LogP contribution in [0.3, 0.4) is 0 Å². The zero-order valence-corrected chi connectivity index (χ0v) is 13.5. The predicted octanol–water partition coefficient (Wildman–Crippen LogP) is 5.48. The van der Waals surface area contributed by atoms with Crippen LogP contribution in [-0.4, -0.2) is 5.71 Å². The van der Waals surface area contributed by atoms with Gasteiger partial charge in [0.1, 0.15) is 0 Å². The Bertz CT molecular complexity index is 708. The molecule has 2 aromatic rings. The number of hydrogen-bond acceptors (Lipinski definition) is 1. The van der Waals surface area contributed by atoms with Gasteiger partial charge in [-0.2, -0.15) is 0 Å². The first-order valence-corrected chi connectivity index (χ1v) is 8.09. The number of hydrogen-bond donors (Lipinski definition) is 0. The molecule has 22 heavy (non-hydrogen) atoms. The Morgan fingerprint density at radius 2 is 1.73 bits per heavy atom. The van der Waals surface area contributed by atoms with Crippen molar-refractivity contribution >= 4 is 5.71 Å². The highest BCUT2D eigenvalue weighted by Gasteiger charge is 2.15. The van der Waals surface area contributed by atoms with Crippen molar-refractivity contribution in [2.24, 2.45) is 4.99 Å². The Kier molecular flexibility index (Phi) is 4.53. The fourth-order valence-electron chi connectivity index (χ4n) is 3.05. The molecule has 1 aliphatic rings. The molecule has 0 atom stereocenters. The molecule has 3 rings (SSSR count). The van der Waals surface area contributed by atoms with E-state index < -0.39 is 0 Å². The van der Waals surface area contributed by atoms with Gasteiger partial charge in [0.2, 0.25) is 0 Å². The molecule has 0 bridgehead atoms. The van der Waals surface area contributed by atoms with Crippen molar-refractivity contribution in [2.75, 3.05) is 0 Å². The molecule has 1 aliphatic heterocycles. The van der Waals surface area contributed by atoms with Crippen LogP contribution in [0.5, 0.6) is 0 Å². The maximum Gasteiger partial charge on any atom is 0.0520 e. The van der Waals surface area contributed by atoms with Gasteiger partial charge in [-0.1, -0.05) is 60.2 Å². The number of benzene rings is 2. The van der Waals surface area contributed by atoms with Crippen molar-refractivity contribution in [1.82, 2.24) is 0 Å². The summed E-state index contributed by atoms with van der Waals surface area (Å²) in [6, 6.07) is 19.4. The number of allylic oxidation sites excluding steroid dienone is 2. The monoisotopic (exact) mass is 289 g/mol. The van der Waals surface area contributed by atoms with Crippen LogP contribution >= 0.6 is 0 Å². The first kappa shape index (κ1) is 14.8. The SMILES string of the molecule is CC1=C(CCCc2cccc(C)c2)N=C(c2ccccc2)C1. The van der Waals surface area contributed by atoms with E-state index in [-0.39, 0.29) is 0 Å². The highest BCUT2D eigenvalue weighted by atomic mass is 14.8. The molecule has 0 amide bonds. The van der Waals surface area contributed by atoms with Crippen molar-refractivity contribution in [3.63, 3.8) is 0 Å². The summed E-state index contributed by atoms with van der Waals surface area (Å²) in [5, 5.41) is 0. The van der Waals surface area contributed by atoms with E-state index in [1.807, 2.05) is 0 Å². The molecular weight excluding hydrogens is 266 g/mol. The van der Waals surface area contributed by atoms with Gasteiger partial charge in [-0.15, -0.1) is 0 Å². The van der Waals surface area contributed by atoms with Crippen LogP contribution in [0.15, 0.2) is 70.9 Å². The van der Waals surface area contributed by atoms with E-state index in [1.54, 1.807) is 0 Å². The van der Waals surface area contributed by atoms with Crippen LogP contribution in [0.1, 0.15) is 42.9 Å². The van der Waals surface area contributed by atoms with E-state index in [9.17, 15) is 0 Å². The first-order chi connectivity index (χ1) is 10.7. The van der Waals surface area contributed by atoms with E-state index in [0.717, 1.165) is 19.3 Å². The largest absolute Gasteiger partial charge is 0.257 e. The van der Waals surface area contributed by atoms with Gasteiger partial charge in [-0.25, -0.2) is 0 Å². The second kappa shape index (κ2) is 6.74. The molecule has 0 saturated heterocycles. The van der Waals surface area contributed by atoms with Crippen molar-refractivity contribution in [3.8, 4) is 0 Å². The first-order valence-electron chi connectivity index (χ1n) is 8.09. The van der Waals surface area contributed by atoms with Gasteiger partial charge in [-0.05, 0) is 49.8 Å². The minimum absolute atomic E-state index is 1.00. The Hall–Kier alpha value is -2.15. The molecule has 0 aliphatic carbocycles. The minimum Gasteiger partial charge on any atom is -0.257 e. The van der Waals surface area contributed by atoms with Crippen molar-refractivity contribution < 1.29 is 0 Å². The Morgan fingerprint density at radius 1 is 0.909 bits per heavy atom. The molecular formula is C21H23N. The van der Waals surface area contributed by atoms with Crippen molar-refractivity contribution in [1.29, 1.82) is 0 Å². The van der Waals surface area contributed by atoms with E-state index in [0.29, 0.717) is 0 Å². The molecule has 0 saturated carbocycles. The maximum absolute atomic E-state index is 4.88. The third-order valence-electron chi connectivity index (χ3n) is 4.26. The van der Waals surface area contributed by atoms with E-state index in [2.05, 4.69) is 68.4 Å². The molecule has 0 spiro atoms. The quantitative estimate of drug-likeness (QED) is 0.690.